The summed E-state index contributed by atoms with van der Waals surface area (Å²) in [6.07, 6.45) is 0. The Morgan fingerprint density at radius 2 is 0.929 bits per heavy atom. The number of aliphatic carboxylic acids is 2. The van der Waals surface area contributed by atoms with E-state index in [9.17, 15) is 37.4 Å². The molecule has 0 aliphatic carbocycles. The quantitative estimate of drug-likeness (QED) is 0.359. The van der Waals surface area contributed by atoms with E-state index in [2.05, 4.69) is 0 Å². The first-order valence-electron chi connectivity index (χ1n) is 2.32. The first-order valence-corrected chi connectivity index (χ1v) is 2.32. The molecule has 0 bridgehead atoms. The second-order valence-corrected chi connectivity index (χ2v) is 1.72. The molecule has 0 saturated heterocycles. The summed E-state index contributed by atoms with van der Waals surface area (Å²) in [7, 11) is 0. The van der Waals surface area contributed by atoms with Crippen molar-refractivity contribution in [3.05, 3.63) is 0 Å². The Kier molecular flexibility index (Phi) is 9.04. The van der Waals surface area contributed by atoms with Crippen LogP contribution in [0, 0.1) is 0 Å². The minimum absolute atomic E-state index is 0. The van der Waals surface area contributed by atoms with E-state index in [4.69, 9.17) is 0 Å². The molecule has 0 fully saturated rings. The fourth-order valence-electron chi connectivity index (χ4n) is 0.256. The maximum Gasteiger partial charge on any atom is 1.00 e. The normalized spacial score (nSPS) is 10.9. The third kappa shape index (κ3) is 3.67. The molecular formula is C4F4Na2O4. The zero-order valence-corrected chi connectivity index (χ0v) is 11.1. The Bertz CT molecular complexity index is 207. The molecular weight excluding hydrogens is 234 g/mol. The van der Waals surface area contributed by atoms with E-state index in [1.54, 1.807) is 0 Å². The molecule has 70 valence electrons. The van der Waals surface area contributed by atoms with E-state index in [-0.39, 0.29) is 59.1 Å². The van der Waals surface area contributed by atoms with Gasteiger partial charge in [0.1, 0.15) is 11.9 Å². The number of carboxylic acid groups (broad SMARTS) is 2. The zero-order chi connectivity index (χ0) is 10.2. The molecule has 0 unspecified atom stereocenters. The van der Waals surface area contributed by atoms with Crippen molar-refractivity contribution in [3.63, 3.8) is 0 Å². The number of alkyl halides is 4. The van der Waals surface area contributed by atoms with Crippen LogP contribution in [0.25, 0.3) is 0 Å². The van der Waals surface area contributed by atoms with Gasteiger partial charge in [0, 0.05) is 0 Å². The second-order valence-electron chi connectivity index (χ2n) is 1.72. The topological polar surface area (TPSA) is 80.3 Å². The molecule has 0 atom stereocenters. The Labute approximate surface area is 119 Å². The smallest absolute Gasteiger partial charge is 0.544 e. The molecule has 0 aliphatic heterocycles. The van der Waals surface area contributed by atoms with Crippen LogP contribution >= 0.6 is 0 Å². The number of carbonyl (C=O) groups is 2. The molecule has 0 saturated carbocycles. The molecule has 0 heterocycles. The molecule has 4 nitrogen and oxygen atoms in total. The molecule has 0 amide bonds. The van der Waals surface area contributed by atoms with Crippen LogP contribution in [-0.2, 0) is 9.59 Å². The number of hydrogen-bond acceptors (Lipinski definition) is 4. The minimum Gasteiger partial charge on any atom is -0.544 e. The van der Waals surface area contributed by atoms with Crippen LogP contribution in [0.4, 0.5) is 17.6 Å². The van der Waals surface area contributed by atoms with Gasteiger partial charge in [-0.1, -0.05) is 0 Å². The first-order chi connectivity index (χ1) is 5.14. The van der Waals surface area contributed by atoms with Crippen LogP contribution in [0.15, 0.2) is 0 Å². The zero-order valence-electron chi connectivity index (χ0n) is 7.14. The fraction of sp³-hybridized carbons (Fsp3) is 0.500. The number of carboxylic acids is 2. The largest absolute Gasteiger partial charge is 1.00 e. The van der Waals surface area contributed by atoms with E-state index in [1.165, 1.54) is 0 Å². The third-order valence-corrected chi connectivity index (χ3v) is 0.907. The summed E-state index contributed by atoms with van der Waals surface area (Å²) in [5.74, 6) is -18.5. The molecule has 0 rings (SSSR count). The number of hydrogen-bond donors (Lipinski definition) is 0. The third-order valence-electron chi connectivity index (χ3n) is 0.907. The molecule has 0 N–H and O–H groups in total. The van der Waals surface area contributed by atoms with Crippen LogP contribution in [0.5, 0.6) is 0 Å². The van der Waals surface area contributed by atoms with Gasteiger partial charge in [-0.3, -0.25) is 0 Å². The van der Waals surface area contributed by atoms with Gasteiger partial charge in [-0.05, 0) is 0 Å². The van der Waals surface area contributed by atoms with Crippen molar-refractivity contribution in [3.8, 4) is 0 Å². The molecule has 10 heteroatoms. The van der Waals surface area contributed by atoms with E-state index in [0.717, 1.165) is 0 Å². The van der Waals surface area contributed by atoms with Gasteiger partial charge in [0.25, 0.3) is 0 Å². The summed E-state index contributed by atoms with van der Waals surface area (Å²) < 4.78 is 47.0. The summed E-state index contributed by atoms with van der Waals surface area (Å²) in [4.78, 5) is 18.7. The van der Waals surface area contributed by atoms with Gasteiger partial charge in [0.15, 0.2) is 0 Å². The van der Waals surface area contributed by atoms with Gasteiger partial charge in [0.2, 0.25) is 0 Å². The Balaban J connectivity index is -0.000000605. The van der Waals surface area contributed by atoms with Crippen molar-refractivity contribution in [1.29, 1.82) is 0 Å². The van der Waals surface area contributed by atoms with Crippen LogP contribution in [0.3, 0.4) is 0 Å². The van der Waals surface area contributed by atoms with Crippen molar-refractivity contribution in [1.82, 2.24) is 0 Å². The van der Waals surface area contributed by atoms with Crippen molar-refractivity contribution in [2.24, 2.45) is 0 Å². The predicted molar refractivity (Wildman–Crippen MR) is 19.9 cm³/mol. The minimum atomic E-state index is -5.77. The summed E-state index contributed by atoms with van der Waals surface area (Å²) >= 11 is 0. The van der Waals surface area contributed by atoms with Crippen LogP contribution in [-0.4, -0.2) is 23.8 Å². The maximum absolute atomic E-state index is 11.7. The Morgan fingerprint density at radius 1 is 0.786 bits per heavy atom. The molecule has 0 aliphatic rings. The monoisotopic (exact) mass is 234 g/mol. The molecule has 0 aromatic rings. The number of rotatable bonds is 3. The second kappa shape index (κ2) is 6.29. The summed E-state index contributed by atoms with van der Waals surface area (Å²) in [5, 5.41) is 18.7. The predicted octanol–water partition coefficient (Wildman–Crippen LogP) is -8.24. The summed E-state index contributed by atoms with van der Waals surface area (Å²) in [5.41, 5.74) is 0. The van der Waals surface area contributed by atoms with Crippen LogP contribution < -0.4 is 69.3 Å². The molecule has 0 aromatic heterocycles. The SMILES string of the molecule is O=C([O-])C(F)(F)C(F)(F)C(=O)[O-].[Na+].[Na+]. The van der Waals surface area contributed by atoms with Gasteiger partial charge >= 0.3 is 71.0 Å². The number of carbonyl (C=O) groups excluding carboxylic acids is 2. The maximum atomic E-state index is 11.7. The van der Waals surface area contributed by atoms with Gasteiger partial charge in [-0.25, -0.2) is 0 Å². The first kappa shape index (κ1) is 20.1. The van der Waals surface area contributed by atoms with Crippen LogP contribution in [0.2, 0.25) is 0 Å². The van der Waals surface area contributed by atoms with E-state index >= 15 is 0 Å². The molecule has 0 aromatic carbocycles. The van der Waals surface area contributed by atoms with E-state index < -0.39 is 23.8 Å². The van der Waals surface area contributed by atoms with E-state index in [1.807, 2.05) is 0 Å². The Morgan fingerprint density at radius 3 is 1.00 bits per heavy atom. The molecule has 0 radical (unpaired) electrons. The average molecular weight is 234 g/mol. The van der Waals surface area contributed by atoms with Crippen molar-refractivity contribution in [2.75, 3.05) is 0 Å². The van der Waals surface area contributed by atoms with Gasteiger partial charge < -0.3 is 19.8 Å². The van der Waals surface area contributed by atoms with Crippen molar-refractivity contribution < 1.29 is 96.5 Å². The van der Waals surface area contributed by atoms with Gasteiger partial charge in [0.05, 0.1) is 0 Å². The number of halogens is 4. The summed E-state index contributed by atoms with van der Waals surface area (Å²) in [6.45, 7) is 0. The standard InChI is InChI=1S/C4H2F4O4.2Na/c5-3(6,1(9)10)4(7,8)2(11)12;;/h(H,9,10)(H,11,12);;/q;2*+1/p-2. The van der Waals surface area contributed by atoms with Crippen molar-refractivity contribution >= 4 is 11.9 Å². The Hall–Kier alpha value is 0.660. The molecule has 0 spiro atoms. The van der Waals surface area contributed by atoms with Gasteiger partial charge in [-0.2, -0.15) is 17.6 Å². The fourth-order valence-corrected chi connectivity index (χ4v) is 0.256. The molecule has 14 heavy (non-hydrogen) atoms. The summed E-state index contributed by atoms with van der Waals surface area (Å²) in [6, 6.07) is 0. The average Bonchev–Trinajstić information content (AvgIpc) is 1.86. The van der Waals surface area contributed by atoms with E-state index in [0.29, 0.717) is 0 Å². The van der Waals surface area contributed by atoms with Crippen molar-refractivity contribution in [2.45, 2.75) is 11.8 Å². The van der Waals surface area contributed by atoms with Crippen LogP contribution in [0.1, 0.15) is 0 Å². The van der Waals surface area contributed by atoms with Gasteiger partial charge in [-0.15, -0.1) is 0 Å².